The van der Waals surface area contributed by atoms with Crippen molar-refractivity contribution in [2.24, 2.45) is 0 Å². The predicted octanol–water partition coefficient (Wildman–Crippen LogP) is 4.08. The highest BCUT2D eigenvalue weighted by Gasteiger charge is 2.29. The van der Waals surface area contributed by atoms with Crippen LogP contribution in [-0.4, -0.2) is 29.7 Å². The van der Waals surface area contributed by atoms with Gasteiger partial charge in [-0.05, 0) is 67.8 Å². The maximum Gasteiger partial charge on any atom is 0.410 e. The second-order valence-electron chi connectivity index (χ2n) is 5.99. The SMILES string of the molecule is CN(C(=O)OC(C)(C)C)C1CCc2cc(I)sc2C1. The summed E-state index contributed by atoms with van der Waals surface area (Å²) in [6.45, 7) is 5.71. The molecule has 1 aliphatic rings. The first kappa shape index (κ1) is 15.1. The molecule has 1 unspecified atom stereocenters. The molecule has 1 heterocycles. The van der Waals surface area contributed by atoms with Gasteiger partial charge in [0.25, 0.3) is 0 Å². The normalized spacial score (nSPS) is 18.9. The average molecular weight is 393 g/mol. The largest absolute Gasteiger partial charge is 0.444 e. The highest BCUT2D eigenvalue weighted by molar-refractivity contribution is 14.1. The second kappa shape index (κ2) is 5.60. The third-order valence-corrected chi connectivity index (χ3v) is 5.22. The molecule has 0 bridgehead atoms. The van der Waals surface area contributed by atoms with Crippen LogP contribution < -0.4 is 0 Å². The number of hydrogen-bond acceptors (Lipinski definition) is 3. The minimum absolute atomic E-state index is 0.216. The number of amides is 1. The van der Waals surface area contributed by atoms with Gasteiger partial charge in [-0.3, -0.25) is 0 Å². The Labute approximate surface area is 132 Å². The lowest BCUT2D eigenvalue weighted by molar-refractivity contribution is 0.0211. The smallest absolute Gasteiger partial charge is 0.410 e. The molecular formula is C14H20INO2S. The van der Waals surface area contributed by atoms with Gasteiger partial charge in [-0.1, -0.05) is 0 Å². The number of nitrogens with zero attached hydrogens (tertiary/aromatic N) is 1. The lowest BCUT2D eigenvalue weighted by Crippen LogP contribution is -2.43. The molecule has 1 amide bonds. The van der Waals surface area contributed by atoms with Crippen LogP contribution in [0.15, 0.2) is 6.07 Å². The van der Waals surface area contributed by atoms with Gasteiger partial charge >= 0.3 is 6.09 Å². The van der Waals surface area contributed by atoms with Gasteiger partial charge in [0.05, 0.1) is 2.88 Å². The van der Waals surface area contributed by atoms with Crippen molar-refractivity contribution in [3.05, 3.63) is 19.4 Å². The topological polar surface area (TPSA) is 29.5 Å². The molecule has 1 aromatic heterocycles. The highest BCUT2D eigenvalue weighted by atomic mass is 127. The number of rotatable bonds is 1. The number of aryl methyl sites for hydroxylation is 1. The van der Waals surface area contributed by atoms with Crippen molar-refractivity contribution in [3.8, 4) is 0 Å². The zero-order valence-corrected chi connectivity index (χ0v) is 14.8. The standard InChI is InChI=1S/C14H20INO2S/c1-14(2,3)18-13(17)16(4)10-6-5-9-7-12(15)19-11(9)8-10/h7,10H,5-6,8H2,1-4H3. The van der Waals surface area contributed by atoms with E-state index in [4.69, 9.17) is 4.74 Å². The van der Waals surface area contributed by atoms with Crippen LogP contribution in [0.5, 0.6) is 0 Å². The van der Waals surface area contributed by atoms with E-state index >= 15 is 0 Å². The van der Waals surface area contributed by atoms with Crippen molar-refractivity contribution >= 4 is 40.0 Å². The van der Waals surface area contributed by atoms with E-state index in [2.05, 4.69) is 28.7 Å². The summed E-state index contributed by atoms with van der Waals surface area (Å²) < 4.78 is 6.77. The number of thiophene rings is 1. The quantitative estimate of drug-likeness (QED) is 0.673. The maximum absolute atomic E-state index is 12.1. The van der Waals surface area contributed by atoms with Gasteiger partial charge in [0.1, 0.15) is 5.60 Å². The molecule has 1 aromatic rings. The molecule has 0 saturated carbocycles. The zero-order valence-electron chi connectivity index (χ0n) is 11.8. The van der Waals surface area contributed by atoms with E-state index in [1.807, 2.05) is 39.2 Å². The molecule has 2 rings (SSSR count). The van der Waals surface area contributed by atoms with E-state index < -0.39 is 5.60 Å². The number of hydrogen-bond donors (Lipinski definition) is 0. The Bertz CT molecular complexity index is 478. The first-order valence-corrected chi connectivity index (χ1v) is 8.38. The fraction of sp³-hybridized carbons (Fsp3) is 0.643. The molecule has 0 aliphatic heterocycles. The Morgan fingerprint density at radius 2 is 2.21 bits per heavy atom. The number of halogens is 1. The molecule has 0 spiro atoms. The summed E-state index contributed by atoms with van der Waals surface area (Å²) in [4.78, 5) is 15.3. The Kier molecular flexibility index (Phi) is 4.45. The van der Waals surface area contributed by atoms with Crippen LogP contribution in [0, 0.1) is 2.88 Å². The van der Waals surface area contributed by atoms with E-state index in [1.165, 1.54) is 13.3 Å². The summed E-state index contributed by atoms with van der Waals surface area (Å²) in [5.41, 5.74) is 1.03. The molecule has 0 saturated heterocycles. The minimum Gasteiger partial charge on any atom is -0.444 e. The molecule has 1 aliphatic carbocycles. The number of fused-ring (bicyclic) bond motifs is 1. The Balaban J connectivity index is 2.02. The molecule has 1 atom stereocenters. The summed E-state index contributed by atoms with van der Waals surface area (Å²) in [6.07, 6.45) is 2.83. The minimum atomic E-state index is -0.427. The molecule has 0 aromatic carbocycles. The van der Waals surface area contributed by atoms with Crippen LogP contribution in [0.1, 0.15) is 37.6 Å². The van der Waals surface area contributed by atoms with Crippen molar-refractivity contribution < 1.29 is 9.53 Å². The van der Waals surface area contributed by atoms with Crippen LogP contribution in [0.3, 0.4) is 0 Å². The van der Waals surface area contributed by atoms with Crippen molar-refractivity contribution in [1.29, 1.82) is 0 Å². The number of carbonyl (C=O) groups excluding carboxylic acids is 1. The lowest BCUT2D eigenvalue weighted by Gasteiger charge is -2.32. The van der Waals surface area contributed by atoms with Gasteiger partial charge in [0.2, 0.25) is 0 Å². The number of ether oxygens (including phenoxy) is 1. The third-order valence-electron chi connectivity index (χ3n) is 3.26. The summed E-state index contributed by atoms with van der Waals surface area (Å²) >= 11 is 4.21. The first-order chi connectivity index (χ1) is 8.76. The van der Waals surface area contributed by atoms with Gasteiger partial charge < -0.3 is 9.64 Å². The van der Waals surface area contributed by atoms with Gasteiger partial charge in [-0.2, -0.15) is 0 Å². The fourth-order valence-corrected chi connectivity index (χ4v) is 4.44. The fourth-order valence-electron chi connectivity index (χ4n) is 2.27. The second-order valence-corrected chi connectivity index (χ2v) is 9.02. The van der Waals surface area contributed by atoms with E-state index in [0.29, 0.717) is 0 Å². The monoisotopic (exact) mass is 393 g/mol. The van der Waals surface area contributed by atoms with E-state index in [0.717, 1.165) is 19.3 Å². The lowest BCUT2D eigenvalue weighted by atomic mass is 9.94. The molecule has 0 fully saturated rings. The van der Waals surface area contributed by atoms with E-state index in [1.54, 1.807) is 4.90 Å². The molecule has 0 radical (unpaired) electrons. The van der Waals surface area contributed by atoms with Gasteiger partial charge in [0.15, 0.2) is 0 Å². The third kappa shape index (κ3) is 3.84. The molecule has 19 heavy (non-hydrogen) atoms. The Morgan fingerprint density at radius 3 is 2.84 bits per heavy atom. The first-order valence-electron chi connectivity index (χ1n) is 6.49. The van der Waals surface area contributed by atoms with Gasteiger partial charge in [-0.15, -0.1) is 11.3 Å². The van der Waals surface area contributed by atoms with Crippen LogP contribution in [0.2, 0.25) is 0 Å². The van der Waals surface area contributed by atoms with Gasteiger partial charge in [0, 0.05) is 24.4 Å². The summed E-state index contributed by atoms with van der Waals surface area (Å²) in [7, 11) is 1.85. The Morgan fingerprint density at radius 1 is 1.53 bits per heavy atom. The van der Waals surface area contributed by atoms with Crippen molar-refractivity contribution in [1.82, 2.24) is 4.90 Å². The molecule has 3 nitrogen and oxygen atoms in total. The van der Waals surface area contributed by atoms with Crippen LogP contribution in [-0.2, 0) is 17.6 Å². The van der Waals surface area contributed by atoms with Crippen molar-refractivity contribution in [3.63, 3.8) is 0 Å². The zero-order chi connectivity index (χ0) is 14.2. The van der Waals surface area contributed by atoms with E-state index in [-0.39, 0.29) is 12.1 Å². The average Bonchev–Trinajstić information content (AvgIpc) is 2.64. The predicted molar refractivity (Wildman–Crippen MR) is 86.8 cm³/mol. The summed E-state index contributed by atoms with van der Waals surface area (Å²) in [5.74, 6) is 0. The molecule has 0 N–H and O–H groups in total. The van der Waals surface area contributed by atoms with Crippen LogP contribution in [0.25, 0.3) is 0 Å². The van der Waals surface area contributed by atoms with Crippen LogP contribution in [0.4, 0.5) is 4.79 Å². The van der Waals surface area contributed by atoms with Gasteiger partial charge in [-0.25, -0.2) is 4.79 Å². The van der Waals surface area contributed by atoms with Crippen molar-refractivity contribution in [2.75, 3.05) is 7.05 Å². The maximum atomic E-state index is 12.1. The highest BCUT2D eigenvalue weighted by Crippen LogP contribution is 2.32. The number of carbonyl (C=O) groups is 1. The molecule has 5 heteroatoms. The number of likely N-dealkylation sites (N-methyl/N-ethyl adjacent to an activating group) is 1. The Hall–Kier alpha value is -0.300. The summed E-state index contributed by atoms with van der Waals surface area (Å²) in [5, 5.41) is 0. The summed E-state index contributed by atoms with van der Waals surface area (Å²) in [6, 6.07) is 2.53. The van der Waals surface area contributed by atoms with Crippen molar-refractivity contribution in [2.45, 2.75) is 51.7 Å². The molecular weight excluding hydrogens is 373 g/mol. The molecule has 106 valence electrons. The van der Waals surface area contributed by atoms with E-state index in [9.17, 15) is 4.79 Å². The van der Waals surface area contributed by atoms with Crippen LogP contribution >= 0.6 is 33.9 Å².